The summed E-state index contributed by atoms with van der Waals surface area (Å²) in [6, 6.07) is 15.6. The fourth-order valence-corrected chi connectivity index (χ4v) is 2.86. The summed E-state index contributed by atoms with van der Waals surface area (Å²) in [6.07, 6.45) is 0.966. The highest BCUT2D eigenvalue weighted by Crippen LogP contribution is 2.21. The summed E-state index contributed by atoms with van der Waals surface area (Å²) < 4.78 is 3.13. The average Bonchev–Trinajstić information content (AvgIpc) is 2.93. The number of aryl methyl sites for hydroxylation is 2. The Morgan fingerprint density at radius 2 is 1.83 bits per heavy atom. The number of nitrogens with zero attached hydrogens (tertiary/aromatic N) is 4. The van der Waals surface area contributed by atoms with E-state index in [1.54, 1.807) is 4.52 Å². The highest BCUT2D eigenvalue weighted by Gasteiger charge is 2.20. The quantitative estimate of drug-likeness (QED) is 0.533. The van der Waals surface area contributed by atoms with Crippen LogP contribution in [0.4, 0.5) is 0 Å². The summed E-state index contributed by atoms with van der Waals surface area (Å²) >= 11 is 0. The van der Waals surface area contributed by atoms with E-state index in [4.69, 9.17) is 0 Å². The Balaban J connectivity index is 2.03. The third-order valence-electron chi connectivity index (χ3n) is 4.12. The highest BCUT2D eigenvalue weighted by molar-refractivity contribution is 5.74. The topological polar surface area (TPSA) is 57.9 Å². The molecule has 0 atom stereocenters. The van der Waals surface area contributed by atoms with Gasteiger partial charge in [0, 0.05) is 0 Å². The van der Waals surface area contributed by atoms with Gasteiger partial charge in [-0.15, -0.1) is 4.68 Å². The zero-order chi connectivity index (χ0) is 16.0. The molecule has 0 aliphatic rings. The number of hydrogen-bond acceptors (Lipinski definition) is 3. The van der Waals surface area contributed by atoms with Crippen molar-refractivity contribution in [1.29, 1.82) is 0 Å². The zero-order valence-corrected chi connectivity index (χ0v) is 13.0. The molecule has 0 bridgehead atoms. The molecule has 114 valence electrons. The van der Waals surface area contributed by atoms with Gasteiger partial charge in [-0.1, -0.05) is 35.7 Å². The first-order chi connectivity index (χ1) is 11.2. The molecule has 4 aromatic rings. The van der Waals surface area contributed by atoms with E-state index < -0.39 is 0 Å². The van der Waals surface area contributed by atoms with Gasteiger partial charge in [0.15, 0.2) is 11.2 Å². The Morgan fingerprint density at radius 1 is 1.09 bits per heavy atom. The Labute approximate surface area is 133 Å². The van der Waals surface area contributed by atoms with Crippen molar-refractivity contribution in [2.45, 2.75) is 20.3 Å². The lowest BCUT2D eigenvalue weighted by Gasteiger charge is -2.03. The molecular formula is C18H16N4O. The Hall–Kier alpha value is -2.95. The number of para-hydroxylation sites is 2. The smallest absolute Gasteiger partial charge is 0.212 e. The van der Waals surface area contributed by atoms with Crippen molar-refractivity contribution in [3.8, 4) is 11.6 Å². The lowest BCUT2D eigenvalue weighted by atomic mass is 10.1. The lowest BCUT2D eigenvalue weighted by Crippen LogP contribution is -2.27. The van der Waals surface area contributed by atoms with E-state index in [9.17, 15) is 5.11 Å². The van der Waals surface area contributed by atoms with Crippen LogP contribution in [0.25, 0.3) is 22.2 Å². The first kappa shape index (κ1) is 13.7. The van der Waals surface area contributed by atoms with Crippen LogP contribution in [0.1, 0.15) is 18.2 Å². The molecule has 0 amide bonds. The minimum absolute atomic E-state index is 0.148. The molecule has 0 N–H and O–H groups in total. The van der Waals surface area contributed by atoms with Crippen molar-refractivity contribution in [2.24, 2.45) is 0 Å². The van der Waals surface area contributed by atoms with Gasteiger partial charge in [0.05, 0.1) is 5.69 Å². The van der Waals surface area contributed by atoms with E-state index in [0.29, 0.717) is 11.2 Å². The van der Waals surface area contributed by atoms with Crippen LogP contribution in [0.3, 0.4) is 0 Å². The molecule has 23 heavy (non-hydrogen) atoms. The Kier molecular flexibility index (Phi) is 3.01. The van der Waals surface area contributed by atoms with Crippen molar-refractivity contribution < 1.29 is 9.62 Å². The van der Waals surface area contributed by atoms with Gasteiger partial charge in [-0.05, 0) is 43.2 Å². The monoisotopic (exact) mass is 304 g/mol. The predicted molar refractivity (Wildman–Crippen MR) is 85.6 cm³/mol. The molecule has 0 aliphatic carbocycles. The summed E-state index contributed by atoms with van der Waals surface area (Å²) in [5.74, 6) is -0.148. The Bertz CT molecular complexity index is 1020. The molecule has 2 aromatic carbocycles. The second-order valence-corrected chi connectivity index (χ2v) is 5.57. The maximum atomic E-state index is 12.8. The van der Waals surface area contributed by atoms with Crippen molar-refractivity contribution >= 4 is 16.6 Å². The maximum absolute atomic E-state index is 12.8. The van der Waals surface area contributed by atoms with Gasteiger partial charge in [0.2, 0.25) is 5.52 Å². The summed E-state index contributed by atoms with van der Waals surface area (Å²) in [7, 11) is 0. The van der Waals surface area contributed by atoms with Gasteiger partial charge in [-0.3, -0.25) is 0 Å². The van der Waals surface area contributed by atoms with E-state index >= 15 is 0 Å². The van der Waals surface area contributed by atoms with Crippen LogP contribution in [0.15, 0.2) is 48.5 Å². The van der Waals surface area contributed by atoms with Crippen molar-refractivity contribution in [1.82, 2.24) is 14.9 Å². The molecule has 0 fully saturated rings. The number of fused-ring (bicyclic) bond motifs is 3. The zero-order valence-electron chi connectivity index (χ0n) is 13.0. The maximum Gasteiger partial charge on any atom is 0.212 e. The van der Waals surface area contributed by atoms with Crippen LogP contribution in [0.2, 0.25) is 0 Å². The normalized spacial score (nSPS) is 11.4. The molecular weight excluding hydrogens is 288 g/mol. The fourth-order valence-electron chi connectivity index (χ4n) is 2.86. The first-order valence-corrected chi connectivity index (χ1v) is 7.66. The van der Waals surface area contributed by atoms with E-state index in [0.717, 1.165) is 23.1 Å². The molecule has 2 aromatic heterocycles. The standard InChI is InChI=1S/C18H16N4O/c1-3-13-8-10-14(11-9-13)21-18(23)17-12(2)19-15-6-4-5-7-16(15)22(17)20-21/h4-11H,3H2,1-2H3. The minimum atomic E-state index is -0.148. The average molecular weight is 304 g/mol. The number of benzene rings is 2. The molecule has 2 heterocycles. The number of rotatable bonds is 2. The largest absolute Gasteiger partial charge is 0.837 e. The van der Waals surface area contributed by atoms with E-state index in [2.05, 4.69) is 17.1 Å². The third-order valence-corrected chi connectivity index (χ3v) is 4.12. The van der Waals surface area contributed by atoms with Crippen LogP contribution in [0.5, 0.6) is 5.88 Å². The lowest BCUT2D eigenvalue weighted by molar-refractivity contribution is -0.556. The first-order valence-electron chi connectivity index (χ1n) is 7.66. The molecule has 0 saturated heterocycles. The van der Waals surface area contributed by atoms with Gasteiger partial charge < -0.3 is 5.11 Å². The predicted octanol–water partition coefficient (Wildman–Crippen LogP) is 2.10. The van der Waals surface area contributed by atoms with Gasteiger partial charge in [0.25, 0.3) is 0 Å². The van der Waals surface area contributed by atoms with E-state index in [1.807, 2.05) is 55.5 Å². The summed E-state index contributed by atoms with van der Waals surface area (Å²) in [5.41, 5.74) is 4.85. The molecule has 5 nitrogen and oxygen atoms in total. The second kappa shape index (κ2) is 5.05. The SMILES string of the molecule is CCc1ccc(-n2n[n+]3c(c(C)nc4ccccc43)c2[O-])cc1. The summed E-state index contributed by atoms with van der Waals surface area (Å²) in [6.45, 7) is 3.95. The molecule has 0 saturated carbocycles. The van der Waals surface area contributed by atoms with Gasteiger partial charge in [-0.2, -0.15) is 0 Å². The fraction of sp³-hybridized carbons (Fsp3) is 0.167. The van der Waals surface area contributed by atoms with Crippen molar-refractivity contribution in [2.75, 3.05) is 0 Å². The van der Waals surface area contributed by atoms with Crippen LogP contribution < -0.4 is 9.62 Å². The molecule has 0 aliphatic heterocycles. The van der Waals surface area contributed by atoms with Crippen LogP contribution in [-0.2, 0) is 6.42 Å². The Morgan fingerprint density at radius 3 is 2.57 bits per heavy atom. The molecule has 4 rings (SSSR count). The van der Waals surface area contributed by atoms with E-state index in [-0.39, 0.29) is 5.88 Å². The van der Waals surface area contributed by atoms with E-state index in [1.165, 1.54) is 10.2 Å². The third kappa shape index (κ3) is 2.04. The summed E-state index contributed by atoms with van der Waals surface area (Å²) in [5, 5.41) is 17.3. The van der Waals surface area contributed by atoms with Gasteiger partial charge in [0.1, 0.15) is 16.6 Å². The van der Waals surface area contributed by atoms with Crippen molar-refractivity contribution in [3.05, 3.63) is 59.8 Å². The van der Waals surface area contributed by atoms with Crippen LogP contribution in [0, 0.1) is 6.92 Å². The molecule has 0 radical (unpaired) electrons. The van der Waals surface area contributed by atoms with Crippen LogP contribution >= 0.6 is 0 Å². The number of hydrogen-bond donors (Lipinski definition) is 0. The minimum Gasteiger partial charge on any atom is -0.837 e. The van der Waals surface area contributed by atoms with Gasteiger partial charge in [-0.25, -0.2) is 4.98 Å². The summed E-state index contributed by atoms with van der Waals surface area (Å²) in [4.78, 5) is 4.52. The highest BCUT2D eigenvalue weighted by atomic mass is 16.3. The molecule has 5 heteroatoms. The van der Waals surface area contributed by atoms with Crippen LogP contribution in [-0.4, -0.2) is 14.9 Å². The van der Waals surface area contributed by atoms with Gasteiger partial charge >= 0.3 is 0 Å². The molecule has 0 spiro atoms. The molecule has 0 unspecified atom stereocenters. The van der Waals surface area contributed by atoms with Crippen molar-refractivity contribution in [3.63, 3.8) is 0 Å². The second-order valence-electron chi connectivity index (χ2n) is 5.57. The number of aromatic nitrogens is 4.